The molecular formula is C14H19N3O3. The largest absolute Gasteiger partial charge is 0.481 e. The molecule has 6 heteroatoms. The summed E-state index contributed by atoms with van der Waals surface area (Å²) >= 11 is 0. The van der Waals surface area contributed by atoms with Gasteiger partial charge in [-0.2, -0.15) is 5.10 Å². The van der Waals surface area contributed by atoms with Gasteiger partial charge in [-0.1, -0.05) is 19.1 Å². The molecule has 2 atom stereocenters. The minimum Gasteiger partial charge on any atom is -0.481 e. The Labute approximate surface area is 117 Å². The first kappa shape index (κ1) is 14.3. The molecular weight excluding hydrogens is 258 g/mol. The average Bonchev–Trinajstić information content (AvgIpc) is 3.04. The number of amides is 1. The van der Waals surface area contributed by atoms with Crippen LogP contribution in [0.2, 0.25) is 0 Å². The standard InChI is InChI=1S/C14H19N3O3/c1-3-10-8-12(17(4-2)16-10)13(18)15-11-6-5-9(7-11)14(19)20/h5-6,8-9,11H,3-4,7H2,1-2H3,(H,15,18)(H,19,20). The van der Waals surface area contributed by atoms with Gasteiger partial charge in [-0.3, -0.25) is 14.3 Å². The summed E-state index contributed by atoms with van der Waals surface area (Å²) < 4.78 is 1.67. The Balaban J connectivity index is 2.04. The maximum absolute atomic E-state index is 12.2. The monoisotopic (exact) mass is 277 g/mol. The van der Waals surface area contributed by atoms with E-state index < -0.39 is 11.9 Å². The zero-order valence-corrected chi connectivity index (χ0v) is 11.7. The summed E-state index contributed by atoms with van der Waals surface area (Å²) in [5, 5.41) is 16.1. The van der Waals surface area contributed by atoms with E-state index in [9.17, 15) is 9.59 Å². The molecule has 0 bridgehead atoms. The van der Waals surface area contributed by atoms with Crippen LogP contribution in [0.15, 0.2) is 18.2 Å². The highest BCUT2D eigenvalue weighted by Gasteiger charge is 2.26. The Bertz CT molecular complexity index is 548. The molecule has 0 saturated carbocycles. The van der Waals surface area contributed by atoms with Crippen LogP contribution in [-0.4, -0.2) is 32.8 Å². The van der Waals surface area contributed by atoms with Crippen molar-refractivity contribution in [2.75, 3.05) is 0 Å². The maximum atomic E-state index is 12.2. The number of aryl methyl sites for hydroxylation is 2. The van der Waals surface area contributed by atoms with Crippen LogP contribution < -0.4 is 5.32 Å². The van der Waals surface area contributed by atoms with Crippen LogP contribution in [0.5, 0.6) is 0 Å². The molecule has 2 N–H and O–H groups in total. The number of hydrogen-bond acceptors (Lipinski definition) is 3. The predicted molar refractivity (Wildman–Crippen MR) is 73.4 cm³/mol. The topological polar surface area (TPSA) is 84.2 Å². The number of carboxylic acid groups (broad SMARTS) is 1. The lowest BCUT2D eigenvalue weighted by molar-refractivity contribution is -0.140. The molecule has 0 spiro atoms. The van der Waals surface area contributed by atoms with Gasteiger partial charge >= 0.3 is 5.97 Å². The number of nitrogens with zero attached hydrogens (tertiary/aromatic N) is 2. The Morgan fingerprint density at radius 1 is 1.45 bits per heavy atom. The molecule has 1 amide bonds. The van der Waals surface area contributed by atoms with Gasteiger partial charge in [0.2, 0.25) is 0 Å². The van der Waals surface area contributed by atoms with Gasteiger partial charge in [0.15, 0.2) is 0 Å². The molecule has 1 aliphatic rings. The first-order chi connectivity index (χ1) is 9.55. The first-order valence-corrected chi connectivity index (χ1v) is 6.83. The second-order valence-electron chi connectivity index (χ2n) is 4.84. The minimum absolute atomic E-state index is 0.209. The van der Waals surface area contributed by atoms with Gasteiger partial charge in [-0.25, -0.2) is 0 Å². The van der Waals surface area contributed by atoms with E-state index >= 15 is 0 Å². The number of rotatable bonds is 5. The van der Waals surface area contributed by atoms with E-state index in [1.165, 1.54) is 0 Å². The second-order valence-corrected chi connectivity index (χ2v) is 4.84. The van der Waals surface area contributed by atoms with Gasteiger partial charge in [-0.05, 0) is 25.8 Å². The molecule has 2 unspecified atom stereocenters. The first-order valence-electron chi connectivity index (χ1n) is 6.83. The summed E-state index contributed by atoms with van der Waals surface area (Å²) in [5.41, 5.74) is 1.40. The van der Waals surface area contributed by atoms with E-state index in [0.717, 1.165) is 12.1 Å². The zero-order chi connectivity index (χ0) is 14.7. The van der Waals surface area contributed by atoms with Gasteiger partial charge in [0.05, 0.1) is 11.6 Å². The van der Waals surface area contributed by atoms with Crippen molar-refractivity contribution in [3.8, 4) is 0 Å². The number of aliphatic carboxylic acids is 1. The molecule has 1 aromatic heterocycles. The number of aromatic nitrogens is 2. The third-order valence-electron chi connectivity index (χ3n) is 3.44. The number of carbonyl (C=O) groups excluding carboxylic acids is 1. The van der Waals surface area contributed by atoms with Crippen molar-refractivity contribution >= 4 is 11.9 Å². The molecule has 108 valence electrons. The summed E-state index contributed by atoms with van der Waals surface area (Å²) in [6.07, 6.45) is 4.55. The predicted octanol–water partition coefficient (Wildman–Crippen LogP) is 1.22. The average molecular weight is 277 g/mol. The molecule has 1 aliphatic carbocycles. The van der Waals surface area contributed by atoms with Crippen molar-refractivity contribution in [2.45, 2.75) is 39.3 Å². The van der Waals surface area contributed by atoms with Crippen LogP contribution >= 0.6 is 0 Å². The van der Waals surface area contributed by atoms with Crippen molar-refractivity contribution in [1.82, 2.24) is 15.1 Å². The molecule has 0 radical (unpaired) electrons. The van der Waals surface area contributed by atoms with Crippen LogP contribution in [-0.2, 0) is 17.8 Å². The smallest absolute Gasteiger partial charge is 0.310 e. The summed E-state index contributed by atoms with van der Waals surface area (Å²) in [4.78, 5) is 23.1. The van der Waals surface area contributed by atoms with Crippen molar-refractivity contribution in [2.24, 2.45) is 5.92 Å². The third kappa shape index (κ3) is 2.89. The van der Waals surface area contributed by atoms with E-state index in [1.54, 1.807) is 22.9 Å². The summed E-state index contributed by atoms with van der Waals surface area (Å²) in [6, 6.07) is 1.56. The lowest BCUT2D eigenvalue weighted by atomic mass is 10.1. The summed E-state index contributed by atoms with van der Waals surface area (Å²) in [7, 11) is 0. The Morgan fingerprint density at radius 2 is 2.20 bits per heavy atom. The third-order valence-corrected chi connectivity index (χ3v) is 3.44. The summed E-state index contributed by atoms with van der Waals surface area (Å²) in [6.45, 7) is 4.54. The van der Waals surface area contributed by atoms with Gasteiger partial charge in [0.25, 0.3) is 5.91 Å². The molecule has 2 rings (SSSR count). The fourth-order valence-corrected chi connectivity index (χ4v) is 2.30. The molecule has 0 aromatic carbocycles. The minimum atomic E-state index is -0.857. The van der Waals surface area contributed by atoms with E-state index in [0.29, 0.717) is 18.7 Å². The fraction of sp³-hybridized carbons (Fsp3) is 0.500. The van der Waals surface area contributed by atoms with Crippen LogP contribution in [0.25, 0.3) is 0 Å². The van der Waals surface area contributed by atoms with Crippen molar-refractivity contribution in [3.05, 3.63) is 29.6 Å². The molecule has 0 saturated heterocycles. The summed E-state index contributed by atoms with van der Waals surface area (Å²) in [5.74, 6) is -1.58. The van der Waals surface area contributed by atoms with Gasteiger partial charge in [0, 0.05) is 12.6 Å². The zero-order valence-electron chi connectivity index (χ0n) is 11.7. The maximum Gasteiger partial charge on any atom is 0.310 e. The Kier molecular flexibility index (Phi) is 4.22. The molecule has 20 heavy (non-hydrogen) atoms. The number of carboxylic acids is 1. The van der Waals surface area contributed by atoms with Crippen molar-refractivity contribution < 1.29 is 14.7 Å². The molecule has 6 nitrogen and oxygen atoms in total. The number of hydrogen-bond donors (Lipinski definition) is 2. The van der Waals surface area contributed by atoms with E-state index in [1.807, 2.05) is 13.8 Å². The molecule has 1 aromatic rings. The molecule has 1 heterocycles. The van der Waals surface area contributed by atoms with E-state index in [4.69, 9.17) is 5.11 Å². The lowest BCUT2D eigenvalue weighted by Crippen LogP contribution is -2.34. The van der Waals surface area contributed by atoms with Crippen LogP contribution in [0.4, 0.5) is 0 Å². The normalized spacial score (nSPS) is 21.1. The van der Waals surface area contributed by atoms with Gasteiger partial charge < -0.3 is 10.4 Å². The van der Waals surface area contributed by atoms with Gasteiger partial charge in [0.1, 0.15) is 5.69 Å². The lowest BCUT2D eigenvalue weighted by Gasteiger charge is -2.12. The quantitative estimate of drug-likeness (QED) is 0.793. The van der Waals surface area contributed by atoms with E-state index in [-0.39, 0.29) is 11.9 Å². The number of carbonyl (C=O) groups is 2. The Hall–Kier alpha value is -2.11. The molecule has 0 fully saturated rings. The van der Waals surface area contributed by atoms with Crippen LogP contribution in [0, 0.1) is 5.92 Å². The van der Waals surface area contributed by atoms with E-state index in [2.05, 4.69) is 10.4 Å². The highest BCUT2D eigenvalue weighted by Crippen LogP contribution is 2.18. The van der Waals surface area contributed by atoms with Gasteiger partial charge in [-0.15, -0.1) is 0 Å². The van der Waals surface area contributed by atoms with Crippen LogP contribution in [0.1, 0.15) is 36.5 Å². The number of nitrogens with one attached hydrogen (secondary N) is 1. The highest BCUT2D eigenvalue weighted by atomic mass is 16.4. The molecule has 0 aliphatic heterocycles. The highest BCUT2D eigenvalue weighted by molar-refractivity contribution is 5.93. The fourth-order valence-electron chi connectivity index (χ4n) is 2.30. The second kappa shape index (κ2) is 5.90. The van der Waals surface area contributed by atoms with Crippen LogP contribution in [0.3, 0.4) is 0 Å². The van der Waals surface area contributed by atoms with Crippen molar-refractivity contribution in [3.63, 3.8) is 0 Å². The SMILES string of the molecule is CCc1cc(C(=O)NC2C=CC(C(=O)O)C2)n(CC)n1. The van der Waals surface area contributed by atoms with Crippen molar-refractivity contribution in [1.29, 1.82) is 0 Å². The Morgan fingerprint density at radius 3 is 2.75 bits per heavy atom.